The summed E-state index contributed by atoms with van der Waals surface area (Å²) in [5.41, 5.74) is 0. The number of aromatic nitrogens is 3. The molecule has 1 unspecified atom stereocenters. The number of likely N-dealkylation sites (tertiary alicyclic amines) is 1. The lowest BCUT2D eigenvalue weighted by atomic mass is 9.54. The van der Waals surface area contributed by atoms with E-state index in [2.05, 4.69) is 20.3 Å². The molecule has 2 heterocycles. The fourth-order valence-corrected chi connectivity index (χ4v) is 6.43. The van der Waals surface area contributed by atoms with E-state index in [1.807, 2.05) is 4.68 Å². The zero-order chi connectivity index (χ0) is 16.8. The van der Waals surface area contributed by atoms with Crippen molar-refractivity contribution in [3.05, 3.63) is 12.7 Å². The van der Waals surface area contributed by atoms with Crippen molar-refractivity contribution in [3.8, 4) is 0 Å². The molecule has 1 atom stereocenters. The number of amides is 1. The molecule has 0 aromatic carbocycles. The van der Waals surface area contributed by atoms with Crippen molar-refractivity contribution in [2.75, 3.05) is 13.1 Å². The Labute approximate surface area is 149 Å². The predicted molar refractivity (Wildman–Crippen MR) is 93.6 cm³/mol. The second-order valence-corrected chi connectivity index (χ2v) is 8.91. The molecular weight excluding hydrogens is 314 g/mol. The minimum absolute atomic E-state index is 0.239. The van der Waals surface area contributed by atoms with Crippen molar-refractivity contribution in [1.82, 2.24) is 25.0 Å². The molecule has 1 aliphatic heterocycles. The van der Waals surface area contributed by atoms with Gasteiger partial charge in [-0.1, -0.05) is 0 Å². The van der Waals surface area contributed by atoms with E-state index >= 15 is 0 Å². The van der Waals surface area contributed by atoms with E-state index < -0.39 is 0 Å². The van der Waals surface area contributed by atoms with Crippen LogP contribution >= 0.6 is 0 Å². The molecule has 25 heavy (non-hydrogen) atoms. The smallest absolute Gasteiger partial charge is 0.234 e. The molecular formula is C19H29N5O. The van der Waals surface area contributed by atoms with Gasteiger partial charge < -0.3 is 5.32 Å². The Kier molecular flexibility index (Phi) is 4.03. The highest BCUT2D eigenvalue weighted by Gasteiger charge is 2.48. The number of hydrogen-bond acceptors (Lipinski definition) is 4. The summed E-state index contributed by atoms with van der Waals surface area (Å²) < 4.78 is 1.89. The van der Waals surface area contributed by atoms with Gasteiger partial charge in [-0.15, -0.1) is 0 Å². The van der Waals surface area contributed by atoms with Gasteiger partial charge in [-0.05, 0) is 75.2 Å². The van der Waals surface area contributed by atoms with Crippen LogP contribution < -0.4 is 5.32 Å². The average Bonchev–Trinajstić information content (AvgIpc) is 3.23. The molecule has 1 saturated heterocycles. The largest absolute Gasteiger partial charge is 0.352 e. The maximum atomic E-state index is 12.8. The van der Waals surface area contributed by atoms with Gasteiger partial charge in [0.1, 0.15) is 12.7 Å². The lowest BCUT2D eigenvalue weighted by Crippen LogP contribution is -2.57. The van der Waals surface area contributed by atoms with Crippen LogP contribution in [0.2, 0.25) is 0 Å². The van der Waals surface area contributed by atoms with Crippen LogP contribution in [0.25, 0.3) is 0 Å². The molecule has 5 fully saturated rings. The Bertz CT molecular complexity index is 587. The van der Waals surface area contributed by atoms with E-state index in [-0.39, 0.29) is 5.91 Å². The summed E-state index contributed by atoms with van der Waals surface area (Å²) >= 11 is 0. The van der Waals surface area contributed by atoms with E-state index in [0.29, 0.717) is 18.6 Å². The third kappa shape index (κ3) is 3.09. The Morgan fingerprint density at radius 1 is 1.12 bits per heavy atom. The lowest BCUT2D eigenvalue weighted by Gasteiger charge is -2.54. The summed E-state index contributed by atoms with van der Waals surface area (Å²) in [4.78, 5) is 19.1. The highest BCUT2D eigenvalue weighted by atomic mass is 16.2. The molecule has 1 N–H and O–H groups in total. The molecule has 4 saturated carbocycles. The molecule has 1 aromatic heterocycles. The molecule has 1 aromatic rings. The van der Waals surface area contributed by atoms with Crippen LogP contribution in [-0.4, -0.2) is 50.7 Å². The number of rotatable bonds is 5. The zero-order valence-corrected chi connectivity index (χ0v) is 14.9. The number of hydrogen-bond donors (Lipinski definition) is 1. The third-order valence-electron chi connectivity index (χ3n) is 7.26. The van der Waals surface area contributed by atoms with Gasteiger partial charge in [-0.3, -0.25) is 14.4 Å². The second kappa shape index (κ2) is 6.38. The van der Waals surface area contributed by atoms with Crippen LogP contribution in [-0.2, 0) is 11.3 Å². The molecule has 6 rings (SSSR count). The molecule has 1 amide bonds. The molecule has 4 bridgehead atoms. The van der Waals surface area contributed by atoms with Crippen LogP contribution in [0, 0.1) is 23.7 Å². The number of carbonyl (C=O) groups excluding carboxylic acids is 1. The standard InChI is InChI=1S/C19H29N5O/c25-18(10-23-3-1-2-17(23)9-24-12-20-11-21-24)22-19-15-5-13-4-14(7-15)8-16(19)6-13/h11-17,19H,1-10H2,(H,22,25). The summed E-state index contributed by atoms with van der Waals surface area (Å²) in [6, 6.07) is 0.864. The van der Waals surface area contributed by atoms with Crippen LogP contribution in [0.5, 0.6) is 0 Å². The number of nitrogens with one attached hydrogen (secondary N) is 1. The van der Waals surface area contributed by atoms with Gasteiger partial charge in [0, 0.05) is 12.1 Å². The fourth-order valence-electron chi connectivity index (χ4n) is 6.43. The van der Waals surface area contributed by atoms with E-state index in [0.717, 1.165) is 43.2 Å². The predicted octanol–water partition coefficient (Wildman–Crippen LogP) is 1.68. The van der Waals surface area contributed by atoms with Gasteiger partial charge in [-0.25, -0.2) is 4.98 Å². The highest BCUT2D eigenvalue weighted by molar-refractivity contribution is 5.78. The first-order valence-electron chi connectivity index (χ1n) is 10.1. The van der Waals surface area contributed by atoms with Crippen molar-refractivity contribution in [2.24, 2.45) is 23.7 Å². The van der Waals surface area contributed by atoms with Crippen LogP contribution in [0.3, 0.4) is 0 Å². The van der Waals surface area contributed by atoms with Crippen molar-refractivity contribution >= 4 is 5.91 Å². The van der Waals surface area contributed by atoms with E-state index in [9.17, 15) is 4.79 Å². The molecule has 6 heteroatoms. The first kappa shape index (κ1) is 15.8. The van der Waals surface area contributed by atoms with Crippen LogP contribution in [0.15, 0.2) is 12.7 Å². The van der Waals surface area contributed by atoms with Crippen molar-refractivity contribution in [1.29, 1.82) is 0 Å². The zero-order valence-electron chi connectivity index (χ0n) is 14.9. The highest BCUT2D eigenvalue weighted by Crippen LogP contribution is 2.53. The number of nitrogens with zero attached hydrogens (tertiary/aromatic N) is 4. The van der Waals surface area contributed by atoms with Crippen molar-refractivity contribution < 1.29 is 4.79 Å². The minimum Gasteiger partial charge on any atom is -0.352 e. The molecule has 4 aliphatic carbocycles. The van der Waals surface area contributed by atoms with Gasteiger partial charge in [0.2, 0.25) is 5.91 Å². The Morgan fingerprint density at radius 2 is 1.88 bits per heavy atom. The van der Waals surface area contributed by atoms with Gasteiger partial charge in [0.15, 0.2) is 0 Å². The lowest BCUT2D eigenvalue weighted by molar-refractivity contribution is -0.126. The first-order valence-corrected chi connectivity index (χ1v) is 10.1. The molecule has 0 radical (unpaired) electrons. The second-order valence-electron chi connectivity index (χ2n) is 8.91. The Balaban J connectivity index is 1.18. The van der Waals surface area contributed by atoms with Crippen molar-refractivity contribution in [2.45, 2.75) is 63.6 Å². The van der Waals surface area contributed by atoms with Gasteiger partial charge >= 0.3 is 0 Å². The van der Waals surface area contributed by atoms with Gasteiger partial charge in [-0.2, -0.15) is 5.10 Å². The number of carbonyl (C=O) groups is 1. The van der Waals surface area contributed by atoms with Crippen LogP contribution in [0.1, 0.15) is 44.9 Å². The summed E-state index contributed by atoms with van der Waals surface area (Å²) in [5.74, 6) is 3.67. The summed E-state index contributed by atoms with van der Waals surface area (Å²) in [7, 11) is 0. The minimum atomic E-state index is 0.239. The topological polar surface area (TPSA) is 63.1 Å². The normalized spacial score (nSPS) is 39.8. The Morgan fingerprint density at radius 3 is 2.56 bits per heavy atom. The fraction of sp³-hybridized carbons (Fsp3) is 0.842. The first-order chi connectivity index (χ1) is 12.2. The van der Waals surface area contributed by atoms with E-state index in [4.69, 9.17) is 0 Å². The van der Waals surface area contributed by atoms with Gasteiger partial charge in [0.05, 0.1) is 13.1 Å². The van der Waals surface area contributed by atoms with Crippen LogP contribution in [0.4, 0.5) is 0 Å². The maximum Gasteiger partial charge on any atom is 0.234 e. The van der Waals surface area contributed by atoms with Crippen molar-refractivity contribution in [3.63, 3.8) is 0 Å². The summed E-state index contributed by atoms with van der Waals surface area (Å²) in [5, 5.41) is 7.67. The maximum absolute atomic E-state index is 12.8. The molecule has 5 aliphatic rings. The molecule has 0 spiro atoms. The molecule has 6 nitrogen and oxygen atoms in total. The third-order valence-corrected chi connectivity index (χ3v) is 7.26. The monoisotopic (exact) mass is 343 g/mol. The van der Waals surface area contributed by atoms with E-state index in [1.165, 1.54) is 38.5 Å². The average molecular weight is 343 g/mol. The SMILES string of the molecule is O=C(CN1CCCC1Cn1cncn1)NC1C2CC3CC(C2)CC1C3. The molecule has 136 valence electrons. The summed E-state index contributed by atoms with van der Waals surface area (Å²) in [6.07, 6.45) is 12.6. The summed E-state index contributed by atoms with van der Waals surface area (Å²) in [6.45, 7) is 2.40. The Hall–Kier alpha value is -1.43. The quantitative estimate of drug-likeness (QED) is 0.884. The van der Waals surface area contributed by atoms with E-state index in [1.54, 1.807) is 12.7 Å². The van der Waals surface area contributed by atoms with Gasteiger partial charge in [0.25, 0.3) is 0 Å².